The minimum Gasteiger partial charge on any atom is -0.497 e. The molecule has 0 radical (unpaired) electrons. The van der Waals surface area contributed by atoms with E-state index >= 15 is 0 Å². The summed E-state index contributed by atoms with van der Waals surface area (Å²) in [5.74, 6) is 2.74. The van der Waals surface area contributed by atoms with E-state index in [1.165, 1.54) is 0 Å². The van der Waals surface area contributed by atoms with Gasteiger partial charge in [-0.15, -0.1) is 0 Å². The number of piperazine rings is 1. The first-order chi connectivity index (χ1) is 14.7. The van der Waals surface area contributed by atoms with E-state index in [-0.39, 0.29) is 0 Å². The van der Waals surface area contributed by atoms with Crippen LogP contribution < -0.4 is 14.8 Å². The van der Waals surface area contributed by atoms with Gasteiger partial charge in [0.05, 0.1) is 27.4 Å². The predicted octanol–water partition coefficient (Wildman–Crippen LogP) is 1.84. The first-order valence-electron chi connectivity index (χ1n) is 10.7. The number of hydrogen-bond acceptors (Lipinski definition) is 6. The molecule has 0 atom stereocenters. The monoisotopic (exact) mass is 422 g/mol. The van der Waals surface area contributed by atoms with Crippen LogP contribution in [0.1, 0.15) is 18.4 Å². The summed E-state index contributed by atoms with van der Waals surface area (Å²) >= 11 is 0. The molecule has 0 saturated carbocycles. The number of ether oxygens (including phenoxy) is 4. The number of rotatable bonds is 12. The Bertz CT molecular complexity index is 634. The third kappa shape index (κ3) is 8.01. The SMILES string of the molecule is CN=C(NCCCCOCCOC)N1CCN(Cc2cc(OC)ccc2OC)CC1. The third-order valence-electron chi connectivity index (χ3n) is 5.20. The first-order valence-corrected chi connectivity index (χ1v) is 10.7. The van der Waals surface area contributed by atoms with E-state index in [9.17, 15) is 0 Å². The summed E-state index contributed by atoms with van der Waals surface area (Å²) in [5.41, 5.74) is 1.15. The van der Waals surface area contributed by atoms with Crippen LogP contribution in [-0.2, 0) is 16.0 Å². The second kappa shape index (κ2) is 14.1. The molecular formula is C22H38N4O4. The Labute approximate surface area is 181 Å². The van der Waals surface area contributed by atoms with E-state index in [1.807, 2.05) is 19.2 Å². The van der Waals surface area contributed by atoms with Crippen LogP contribution >= 0.6 is 0 Å². The Balaban J connectivity index is 1.71. The zero-order valence-corrected chi connectivity index (χ0v) is 19.0. The van der Waals surface area contributed by atoms with Gasteiger partial charge < -0.3 is 29.2 Å². The fourth-order valence-electron chi connectivity index (χ4n) is 3.47. The topological polar surface area (TPSA) is 67.8 Å². The van der Waals surface area contributed by atoms with E-state index in [0.29, 0.717) is 13.2 Å². The maximum absolute atomic E-state index is 5.52. The third-order valence-corrected chi connectivity index (χ3v) is 5.20. The molecule has 0 unspecified atom stereocenters. The summed E-state index contributed by atoms with van der Waals surface area (Å²) in [5, 5.41) is 3.48. The van der Waals surface area contributed by atoms with Gasteiger partial charge in [0.15, 0.2) is 5.96 Å². The molecule has 0 spiro atoms. The van der Waals surface area contributed by atoms with Crippen molar-refractivity contribution in [3.8, 4) is 11.5 Å². The van der Waals surface area contributed by atoms with Gasteiger partial charge in [0, 0.05) is 65.6 Å². The molecule has 0 aromatic heterocycles. The molecule has 1 saturated heterocycles. The van der Waals surface area contributed by atoms with Gasteiger partial charge in [-0.2, -0.15) is 0 Å². The van der Waals surface area contributed by atoms with Crippen LogP contribution in [0.5, 0.6) is 11.5 Å². The number of benzene rings is 1. The van der Waals surface area contributed by atoms with Crippen LogP contribution in [0.15, 0.2) is 23.2 Å². The highest BCUT2D eigenvalue weighted by Gasteiger charge is 2.20. The minimum atomic E-state index is 0.654. The molecule has 1 N–H and O–H groups in total. The Hall–Kier alpha value is -2.03. The summed E-state index contributed by atoms with van der Waals surface area (Å²) in [4.78, 5) is 9.23. The van der Waals surface area contributed by atoms with Crippen molar-refractivity contribution in [1.82, 2.24) is 15.1 Å². The highest BCUT2D eigenvalue weighted by molar-refractivity contribution is 5.79. The van der Waals surface area contributed by atoms with Gasteiger partial charge in [-0.1, -0.05) is 0 Å². The Kier molecular flexibility index (Phi) is 11.4. The number of guanidine groups is 1. The van der Waals surface area contributed by atoms with Gasteiger partial charge in [0.1, 0.15) is 11.5 Å². The summed E-state index contributed by atoms with van der Waals surface area (Å²) in [6.45, 7) is 7.71. The molecule has 1 aliphatic rings. The van der Waals surface area contributed by atoms with E-state index in [4.69, 9.17) is 18.9 Å². The van der Waals surface area contributed by atoms with Crippen LogP contribution in [0.3, 0.4) is 0 Å². The summed E-state index contributed by atoms with van der Waals surface area (Å²) in [7, 11) is 6.94. The molecule has 0 amide bonds. The first kappa shape index (κ1) is 24.2. The van der Waals surface area contributed by atoms with Crippen molar-refractivity contribution in [3.05, 3.63) is 23.8 Å². The fraction of sp³-hybridized carbons (Fsp3) is 0.682. The zero-order chi connectivity index (χ0) is 21.6. The maximum atomic E-state index is 5.52. The summed E-state index contributed by atoms with van der Waals surface area (Å²) in [6, 6.07) is 5.96. The van der Waals surface area contributed by atoms with Gasteiger partial charge in [-0.3, -0.25) is 9.89 Å². The smallest absolute Gasteiger partial charge is 0.193 e. The lowest BCUT2D eigenvalue weighted by molar-refractivity contribution is 0.0689. The quantitative estimate of drug-likeness (QED) is 0.313. The van der Waals surface area contributed by atoms with Crippen molar-refractivity contribution >= 4 is 5.96 Å². The standard InChI is InChI=1S/C22H38N4O4/c1-23-22(24-9-5-6-14-30-16-15-27-2)26-12-10-25(11-13-26)18-19-17-20(28-3)7-8-21(19)29-4/h7-8,17H,5-6,9-16,18H2,1-4H3,(H,23,24). The molecule has 0 aliphatic carbocycles. The Morgan fingerprint density at radius 3 is 2.47 bits per heavy atom. The van der Waals surface area contributed by atoms with Gasteiger partial charge in [0.2, 0.25) is 0 Å². The Morgan fingerprint density at radius 2 is 1.80 bits per heavy atom. The predicted molar refractivity (Wildman–Crippen MR) is 120 cm³/mol. The van der Waals surface area contributed by atoms with Gasteiger partial charge in [0.25, 0.3) is 0 Å². The lowest BCUT2D eigenvalue weighted by atomic mass is 10.1. The van der Waals surface area contributed by atoms with Gasteiger partial charge >= 0.3 is 0 Å². The van der Waals surface area contributed by atoms with Crippen molar-refractivity contribution in [2.75, 3.05) is 80.9 Å². The number of aliphatic imine (C=N–C) groups is 1. The van der Waals surface area contributed by atoms with E-state index in [0.717, 1.165) is 81.7 Å². The van der Waals surface area contributed by atoms with Crippen molar-refractivity contribution in [2.24, 2.45) is 4.99 Å². The number of hydrogen-bond donors (Lipinski definition) is 1. The van der Waals surface area contributed by atoms with E-state index in [1.54, 1.807) is 21.3 Å². The molecule has 1 fully saturated rings. The molecule has 0 bridgehead atoms. The zero-order valence-electron chi connectivity index (χ0n) is 19.0. The lowest BCUT2D eigenvalue weighted by Crippen LogP contribution is -2.52. The molecule has 170 valence electrons. The molecule has 1 aromatic carbocycles. The van der Waals surface area contributed by atoms with Crippen LogP contribution in [0, 0.1) is 0 Å². The Morgan fingerprint density at radius 1 is 1.00 bits per heavy atom. The molecular weight excluding hydrogens is 384 g/mol. The molecule has 8 nitrogen and oxygen atoms in total. The summed E-state index contributed by atoms with van der Waals surface area (Å²) < 4.78 is 21.4. The largest absolute Gasteiger partial charge is 0.497 e. The molecule has 1 aliphatic heterocycles. The normalized spacial score (nSPS) is 15.3. The highest BCUT2D eigenvalue weighted by Crippen LogP contribution is 2.25. The van der Waals surface area contributed by atoms with Crippen molar-refractivity contribution in [2.45, 2.75) is 19.4 Å². The number of unbranched alkanes of at least 4 members (excludes halogenated alkanes) is 1. The highest BCUT2D eigenvalue weighted by atomic mass is 16.5. The molecule has 8 heteroatoms. The van der Waals surface area contributed by atoms with Gasteiger partial charge in [-0.25, -0.2) is 0 Å². The second-order valence-electron chi connectivity index (χ2n) is 7.23. The minimum absolute atomic E-state index is 0.654. The van der Waals surface area contributed by atoms with Gasteiger partial charge in [-0.05, 0) is 31.0 Å². The number of nitrogens with one attached hydrogen (secondary N) is 1. The number of nitrogens with zero attached hydrogens (tertiary/aromatic N) is 3. The average molecular weight is 423 g/mol. The molecule has 30 heavy (non-hydrogen) atoms. The van der Waals surface area contributed by atoms with E-state index < -0.39 is 0 Å². The van der Waals surface area contributed by atoms with E-state index in [2.05, 4.69) is 26.2 Å². The molecule has 1 aromatic rings. The van der Waals surface area contributed by atoms with Crippen molar-refractivity contribution in [1.29, 1.82) is 0 Å². The summed E-state index contributed by atoms with van der Waals surface area (Å²) in [6.07, 6.45) is 2.09. The average Bonchev–Trinajstić information content (AvgIpc) is 2.79. The maximum Gasteiger partial charge on any atom is 0.193 e. The second-order valence-corrected chi connectivity index (χ2v) is 7.23. The van der Waals surface area contributed by atoms with Crippen LogP contribution in [0.25, 0.3) is 0 Å². The van der Waals surface area contributed by atoms with Crippen LogP contribution in [-0.4, -0.2) is 96.7 Å². The van der Waals surface area contributed by atoms with Crippen molar-refractivity contribution < 1.29 is 18.9 Å². The molecule has 1 heterocycles. The fourth-order valence-corrected chi connectivity index (χ4v) is 3.47. The van der Waals surface area contributed by atoms with Crippen LogP contribution in [0.2, 0.25) is 0 Å². The van der Waals surface area contributed by atoms with Crippen LogP contribution in [0.4, 0.5) is 0 Å². The number of methoxy groups -OCH3 is 3. The lowest BCUT2D eigenvalue weighted by Gasteiger charge is -2.36. The van der Waals surface area contributed by atoms with Crippen molar-refractivity contribution in [3.63, 3.8) is 0 Å². The molecule has 2 rings (SSSR count).